The summed E-state index contributed by atoms with van der Waals surface area (Å²) < 4.78 is 66.1. The maximum absolute atomic E-state index is 12.9. The molecule has 3 aromatic rings. The molecule has 1 amide bonds. The first-order chi connectivity index (χ1) is 15.0. The van der Waals surface area contributed by atoms with Gasteiger partial charge in [-0.05, 0) is 54.6 Å². The summed E-state index contributed by atoms with van der Waals surface area (Å²) in [5.74, 6) is -0.735. The molecule has 0 aliphatic carbocycles. The van der Waals surface area contributed by atoms with E-state index in [-0.39, 0.29) is 21.2 Å². The topological polar surface area (TPSA) is 99.1 Å². The first-order valence-electron chi connectivity index (χ1n) is 8.81. The minimum absolute atomic E-state index is 0.0445. The Labute approximate surface area is 186 Å². The van der Waals surface area contributed by atoms with Gasteiger partial charge in [-0.3, -0.25) is 9.52 Å². The van der Waals surface area contributed by atoms with Crippen LogP contribution in [0, 0.1) is 11.3 Å². The second-order valence-corrected chi connectivity index (χ2v) is 8.56. The van der Waals surface area contributed by atoms with Gasteiger partial charge in [0.1, 0.15) is 0 Å². The number of hydrogen-bond donors (Lipinski definition) is 2. The van der Waals surface area contributed by atoms with Crippen LogP contribution in [-0.4, -0.2) is 14.3 Å². The minimum atomic E-state index is -4.64. The van der Waals surface area contributed by atoms with Crippen molar-refractivity contribution in [3.05, 3.63) is 88.4 Å². The van der Waals surface area contributed by atoms with Gasteiger partial charge < -0.3 is 5.32 Å². The van der Waals surface area contributed by atoms with Gasteiger partial charge in [0.15, 0.2) is 0 Å². The zero-order valence-corrected chi connectivity index (χ0v) is 17.5. The Bertz CT molecular complexity index is 1340. The Morgan fingerprint density at radius 3 is 2.34 bits per heavy atom. The maximum atomic E-state index is 12.9. The number of nitriles is 1. The quantitative estimate of drug-likeness (QED) is 0.519. The zero-order valence-electron chi connectivity index (χ0n) is 15.9. The van der Waals surface area contributed by atoms with Crippen LogP contribution in [0.2, 0.25) is 5.02 Å². The highest BCUT2D eigenvalue weighted by molar-refractivity contribution is 7.92. The van der Waals surface area contributed by atoms with Crippen LogP contribution in [0.4, 0.5) is 24.5 Å². The highest BCUT2D eigenvalue weighted by atomic mass is 35.5. The maximum Gasteiger partial charge on any atom is 0.416 e. The second-order valence-electron chi connectivity index (χ2n) is 6.47. The molecule has 0 saturated heterocycles. The van der Waals surface area contributed by atoms with Crippen LogP contribution in [-0.2, 0) is 16.2 Å². The molecule has 0 radical (unpaired) electrons. The molecule has 0 aromatic heterocycles. The van der Waals surface area contributed by atoms with Crippen molar-refractivity contribution in [2.75, 3.05) is 10.0 Å². The molecule has 3 aromatic carbocycles. The molecule has 2 N–H and O–H groups in total. The molecule has 0 aliphatic rings. The van der Waals surface area contributed by atoms with Crippen LogP contribution in [0.25, 0.3) is 0 Å². The van der Waals surface area contributed by atoms with Crippen molar-refractivity contribution in [2.24, 2.45) is 0 Å². The third-order valence-electron chi connectivity index (χ3n) is 4.18. The third-order valence-corrected chi connectivity index (χ3v) is 5.89. The minimum Gasteiger partial charge on any atom is -0.322 e. The number of carbonyl (C=O) groups excluding carboxylic acids is 1. The van der Waals surface area contributed by atoms with Gasteiger partial charge in [-0.2, -0.15) is 18.4 Å². The van der Waals surface area contributed by atoms with Gasteiger partial charge in [0.2, 0.25) is 0 Å². The highest BCUT2D eigenvalue weighted by Gasteiger charge is 2.31. The number of hydrogen-bond acceptors (Lipinski definition) is 4. The van der Waals surface area contributed by atoms with E-state index in [1.54, 1.807) is 6.07 Å². The van der Waals surface area contributed by atoms with Crippen molar-refractivity contribution in [2.45, 2.75) is 11.1 Å². The van der Waals surface area contributed by atoms with E-state index in [4.69, 9.17) is 16.9 Å². The second kappa shape index (κ2) is 8.90. The summed E-state index contributed by atoms with van der Waals surface area (Å²) >= 11 is 6.04. The first-order valence-corrected chi connectivity index (χ1v) is 10.7. The number of carbonyl (C=O) groups is 1. The number of sulfonamides is 1. The number of benzene rings is 3. The molecule has 0 fully saturated rings. The summed E-state index contributed by atoms with van der Waals surface area (Å²) in [5.41, 5.74) is -0.903. The van der Waals surface area contributed by atoms with Gasteiger partial charge in [0, 0.05) is 11.4 Å². The number of nitrogens with one attached hydrogen (secondary N) is 2. The Morgan fingerprint density at radius 2 is 1.66 bits per heavy atom. The normalized spacial score (nSPS) is 11.5. The van der Waals surface area contributed by atoms with Crippen molar-refractivity contribution in [1.82, 2.24) is 0 Å². The number of halogens is 4. The molecule has 0 bridgehead atoms. The Balaban J connectivity index is 1.88. The lowest BCUT2D eigenvalue weighted by Crippen LogP contribution is -2.17. The fourth-order valence-electron chi connectivity index (χ4n) is 2.68. The van der Waals surface area contributed by atoms with Crippen LogP contribution < -0.4 is 10.0 Å². The number of alkyl halides is 3. The van der Waals surface area contributed by atoms with Crippen molar-refractivity contribution in [3.63, 3.8) is 0 Å². The average molecular weight is 480 g/mol. The largest absolute Gasteiger partial charge is 0.416 e. The van der Waals surface area contributed by atoms with Crippen LogP contribution in [0.5, 0.6) is 0 Å². The highest BCUT2D eigenvalue weighted by Crippen LogP contribution is 2.31. The van der Waals surface area contributed by atoms with Gasteiger partial charge in [0.05, 0.1) is 32.7 Å². The number of anilines is 2. The van der Waals surface area contributed by atoms with E-state index < -0.39 is 27.7 Å². The lowest BCUT2D eigenvalue weighted by Gasteiger charge is -2.13. The summed E-state index contributed by atoms with van der Waals surface area (Å²) in [4.78, 5) is 12.2. The van der Waals surface area contributed by atoms with Gasteiger partial charge in [-0.15, -0.1) is 0 Å². The summed E-state index contributed by atoms with van der Waals surface area (Å²) in [7, 11) is -4.33. The Morgan fingerprint density at radius 1 is 0.969 bits per heavy atom. The lowest BCUT2D eigenvalue weighted by molar-refractivity contribution is -0.137. The number of amides is 1. The third kappa shape index (κ3) is 5.38. The lowest BCUT2D eigenvalue weighted by atomic mass is 10.2. The molecular weight excluding hydrogens is 467 g/mol. The summed E-state index contributed by atoms with van der Waals surface area (Å²) in [6.45, 7) is 0. The van der Waals surface area contributed by atoms with E-state index in [1.807, 2.05) is 6.07 Å². The fourth-order valence-corrected chi connectivity index (χ4v) is 3.96. The van der Waals surface area contributed by atoms with Crippen molar-refractivity contribution in [3.8, 4) is 6.07 Å². The molecule has 0 saturated carbocycles. The van der Waals surface area contributed by atoms with E-state index in [9.17, 15) is 26.4 Å². The van der Waals surface area contributed by atoms with E-state index in [2.05, 4.69) is 10.0 Å². The standard InChI is InChI=1S/C21H13ClF3N3O3S/c22-19-8-7-17(11-18(19)20(29)27-15-5-1-3-13(9-15)12-26)32(30,31)28-16-6-2-4-14(10-16)21(23,24)25/h1-11,28H,(H,27,29). The molecule has 32 heavy (non-hydrogen) atoms. The van der Waals surface area contributed by atoms with E-state index in [1.165, 1.54) is 30.3 Å². The molecule has 0 atom stereocenters. The van der Waals surface area contributed by atoms with Crippen molar-refractivity contribution < 1.29 is 26.4 Å². The molecule has 3 rings (SSSR count). The average Bonchev–Trinajstić information content (AvgIpc) is 2.73. The van der Waals surface area contributed by atoms with Crippen LogP contribution in [0.15, 0.2) is 71.6 Å². The van der Waals surface area contributed by atoms with Gasteiger partial charge in [-0.25, -0.2) is 8.42 Å². The number of nitrogens with zero attached hydrogens (tertiary/aromatic N) is 1. The molecule has 6 nitrogen and oxygen atoms in total. The Kier molecular flexibility index (Phi) is 6.43. The molecule has 0 spiro atoms. The fraction of sp³-hybridized carbons (Fsp3) is 0.0476. The van der Waals surface area contributed by atoms with E-state index in [0.29, 0.717) is 17.3 Å². The molecule has 0 aliphatic heterocycles. The molecular formula is C21H13ClF3N3O3S. The van der Waals surface area contributed by atoms with Gasteiger partial charge >= 0.3 is 6.18 Å². The van der Waals surface area contributed by atoms with E-state index in [0.717, 1.165) is 24.3 Å². The number of rotatable bonds is 5. The first kappa shape index (κ1) is 23.1. The van der Waals surface area contributed by atoms with Crippen LogP contribution in [0.1, 0.15) is 21.5 Å². The van der Waals surface area contributed by atoms with Gasteiger partial charge in [0.25, 0.3) is 15.9 Å². The molecule has 0 unspecified atom stereocenters. The summed E-state index contributed by atoms with van der Waals surface area (Å²) in [6, 6.07) is 15.0. The summed E-state index contributed by atoms with van der Waals surface area (Å²) in [5, 5.41) is 11.4. The van der Waals surface area contributed by atoms with Gasteiger partial charge in [-0.1, -0.05) is 23.7 Å². The summed E-state index contributed by atoms with van der Waals surface area (Å²) in [6.07, 6.45) is -4.64. The molecule has 11 heteroatoms. The predicted molar refractivity (Wildman–Crippen MR) is 113 cm³/mol. The SMILES string of the molecule is N#Cc1cccc(NC(=O)c2cc(S(=O)(=O)Nc3cccc(C(F)(F)F)c3)ccc2Cl)c1. The zero-order chi connectivity index (χ0) is 23.5. The molecule has 0 heterocycles. The smallest absolute Gasteiger partial charge is 0.322 e. The van der Waals surface area contributed by atoms with E-state index >= 15 is 0 Å². The predicted octanol–water partition coefficient (Wildman–Crippen LogP) is 5.28. The van der Waals surface area contributed by atoms with Crippen LogP contribution >= 0.6 is 11.6 Å². The Hall–Kier alpha value is -3.55. The van der Waals surface area contributed by atoms with Crippen molar-refractivity contribution in [1.29, 1.82) is 5.26 Å². The van der Waals surface area contributed by atoms with Crippen LogP contribution in [0.3, 0.4) is 0 Å². The monoisotopic (exact) mass is 479 g/mol. The molecule has 164 valence electrons. The van der Waals surface area contributed by atoms with Crippen molar-refractivity contribution >= 4 is 38.9 Å².